The smallest absolute Gasteiger partial charge is 0.223 e. The highest BCUT2D eigenvalue weighted by Gasteiger charge is 2.33. The summed E-state index contributed by atoms with van der Waals surface area (Å²) in [6, 6.07) is 9.39. The third-order valence-electron chi connectivity index (χ3n) is 3.50. The molecule has 0 saturated carbocycles. The molecule has 1 aromatic carbocycles. The summed E-state index contributed by atoms with van der Waals surface area (Å²) in [4.78, 5) is 11.9. The lowest BCUT2D eigenvalue weighted by Crippen LogP contribution is -2.54. The van der Waals surface area contributed by atoms with E-state index in [0.717, 1.165) is 5.75 Å². The van der Waals surface area contributed by atoms with Crippen molar-refractivity contribution < 1.29 is 19.4 Å². The minimum atomic E-state index is -0.526. The van der Waals surface area contributed by atoms with Crippen molar-refractivity contribution in [2.45, 2.75) is 24.8 Å². The van der Waals surface area contributed by atoms with Crippen LogP contribution in [-0.4, -0.2) is 43.0 Å². The van der Waals surface area contributed by atoms with Crippen LogP contribution in [0.1, 0.15) is 19.3 Å². The molecule has 0 atom stereocenters. The van der Waals surface area contributed by atoms with E-state index in [2.05, 4.69) is 5.32 Å². The lowest BCUT2D eigenvalue weighted by Gasteiger charge is -2.36. The van der Waals surface area contributed by atoms with E-state index in [0.29, 0.717) is 32.7 Å². The number of aliphatic hydroxyl groups excluding tert-OH is 1. The number of hydrogen-bond donors (Lipinski definition) is 2. The number of carbonyl (C=O) groups excluding carboxylic acids is 1. The van der Waals surface area contributed by atoms with Gasteiger partial charge in [-0.1, -0.05) is 18.2 Å². The van der Waals surface area contributed by atoms with Gasteiger partial charge in [-0.25, -0.2) is 0 Å². The number of rotatable bonds is 6. The van der Waals surface area contributed by atoms with Crippen molar-refractivity contribution in [2.24, 2.45) is 0 Å². The lowest BCUT2D eigenvalue weighted by atomic mass is 9.91. The van der Waals surface area contributed by atoms with E-state index in [9.17, 15) is 9.90 Å². The molecule has 0 unspecified atom stereocenters. The van der Waals surface area contributed by atoms with Gasteiger partial charge >= 0.3 is 0 Å². The Morgan fingerprint density at radius 2 is 2.00 bits per heavy atom. The molecule has 1 amide bonds. The zero-order chi connectivity index (χ0) is 14.3. The van der Waals surface area contributed by atoms with Crippen molar-refractivity contribution in [1.29, 1.82) is 0 Å². The van der Waals surface area contributed by atoms with Crippen molar-refractivity contribution in [1.82, 2.24) is 5.32 Å². The summed E-state index contributed by atoms with van der Waals surface area (Å²) >= 11 is 0. The third kappa shape index (κ3) is 4.21. The first-order chi connectivity index (χ1) is 9.74. The Bertz CT molecular complexity index is 415. The summed E-state index contributed by atoms with van der Waals surface area (Å²) in [7, 11) is 0. The van der Waals surface area contributed by atoms with Gasteiger partial charge in [-0.3, -0.25) is 4.79 Å². The zero-order valence-electron chi connectivity index (χ0n) is 11.5. The molecule has 2 rings (SSSR count). The van der Waals surface area contributed by atoms with Gasteiger partial charge in [-0.05, 0) is 25.0 Å². The Kier molecular flexibility index (Phi) is 5.38. The maximum atomic E-state index is 11.9. The van der Waals surface area contributed by atoms with Gasteiger partial charge in [0.2, 0.25) is 5.91 Å². The van der Waals surface area contributed by atoms with Gasteiger partial charge in [0.1, 0.15) is 5.75 Å². The maximum absolute atomic E-state index is 11.9. The molecule has 1 fully saturated rings. The predicted molar refractivity (Wildman–Crippen MR) is 74.6 cm³/mol. The summed E-state index contributed by atoms with van der Waals surface area (Å²) in [5, 5.41) is 12.4. The number of benzene rings is 1. The molecular weight excluding hydrogens is 258 g/mol. The molecule has 0 aromatic heterocycles. The second-order valence-corrected chi connectivity index (χ2v) is 5.01. The average molecular weight is 279 g/mol. The average Bonchev–Trinajstić information content (AvgIpc) is 2.49. The Morgan fingerprint density at radius 1 is 1.30 bits per heavy atom. The predicted octanol–water partition coefficient (Wildman–Crippen LogP) is 1.11. The van der Waals surface area contributed by atoms with E-state index in [1.54, 1.807) is 0 Å². The molecule has 20 heavy (non-hydrogen) atoms. The monoisotopic (exact) mass is 279 g/mol. The molecule has 0 spiro atoms. The van der Waals surface area contributed by atoms with Gasteiger partial charge in [-0.15, -0.1) is 0 Å². The molecule has 1 aliphatic rings. The van der Waals surface area contributed by atoms with Crippen LogP contribution in [0.25, 0.3) is 0 Å². The van der Waals surface area contributed by atoms with Gasteiger partial charge in [0.05, 0.1) is 25.2 Å². The second kappa shape index (κ2) is 7.26. The van der Waals surface area contributed by atoms with Crippen LogP contribution in [0.15, 0.2) is 30.3 Å². The van der Waals surface area contributed by atoms with Crippen molar-refractivity contribution in [3.05, 3.63) is 30.3 Å². The molecule has 1 saturated heterocycles. The molecular formula is C15H21NO4. The van der Waals surface area contributed by atoms with Crippen LogP contribution in [0.5, 0.6) is 5.75 Å². The molecule has 2 N–H and O–H groups in total. The zero-order valence-corrected chi connectivity index (χ0v) is 11.5. The minimum Gasteiger partial charge on any atom is -0.493 e. The molecule has 1 aromatic rings. The van der Waals surface area contributed by atoms with E-state index in [-0.39, 0.29) is 18.9 Å². The van der Waals surface area contributed by atoms with Crippen molar-refractivity contribution in [3.63, 3.8) is 0 Å². The Hall–Kier alpha value is -1.59. The van der Waals surface area contributed by atoms with Gasteiger partial charge < -0.3 is 19.9 Å². The van der Waals surface area contributed by atoms with Crippen molar-refractivity contribution >= 4 is 5.91 Å². The van der Waals surface area contributed by atoms with Gasteiger partial charge in [0.25, 0.3) is 0 Å². The maximum Gasteiger partial charge on any atom is 0.223 e. The van der Waals surface area contributed by atoms with Crippen molar-refractivity contribution in [3.8, 4) is 5.75 Å². The Morgan fingerprint density at radius 3 is 2.65 bits per heavy atom. The van der Waals surface area contributed by atoms with Crippen LogP contribution in [-0.2, 0) is 9.53 Å². The molecule has 1 heterocycles. The highest BCUT2D eigenvalue weighted by atomic mass is 16.5. The minimum absolute atomic E-state index is 0.0539. The normalized spacial score (nSPS) is 17.4. The highest BCUT2D eigenvalue weighted by molar-refractivity contribution is 5.77. The Balaban J connectivity index is 1.74. The van der Waals surface area contributed by atoms with Gasteiger partial charge in [0.15, 0.2) is 0 Å². The molecule has 0 aliphatic carbocycles. The van der Waals surface area contributed by atoms with Gasteiger partial charge in [-0.2, -0.15) is 0 Å². The largest absolute Gasteiger partial charge is 0.493 e. The molecule has 110 valence electrons. The quantitative estimate of drug-likeness (QED) is 0.818. The number of ether oxygens (including phenoxy) is 2. The summed E-state index contributed by atoms with van der Waals surface area (Å²) in [6.07, 6.45) is 1.57. The number of aliphatic hydroxyl groups is 1. The first kappa shape index (κ1) is 14.8. The van der Waals surface area contributed by atoms with E-state index in [1.165, 1.54) is 0 Å². The van der Waals surface area contributed by atoms with E-state index < -0.39 is 5.54 Å². The number of amides is 1. The van der Waals surface area contributed by atoms with Crippen LogP contribution in [0, 0.1) is 0 Å². The number of para-hydroxylation sites is 1. The van der Waals surface area contributed by atoms with E-state index >= 15 is 0 Å². The van der Waals surface area contributed by atoms with Crippen LogP contribution in [0.2, 0.25) is 0 Å². The summed E-state index contributed by atoms with van der Waals surface area (Å²) < 4.78 is 10.7. The second-order valence-electron chi connectivity index (χ2n) is 5.01. The molecule has 5 heteroatoms. The number of nitrogens with one attached hydrogen (secondary N) is 1. The van der Waals surface area contributed by atoms with Crippen LogP contribution >= 0.6 is 0 Å². The summed E-state index contributed by atoms with van der Waals surface area (Å²) in [5.74, 6) is 0.653. The van der Waals surface area contributed by atoms with Crippen LogP contribution in [0.4, 0.5) is 0 Å². The van der Waals surface area contributed by atoms with E-state index in [4.69, 9.17) is 9.47 Å². The fourth-order valence-corrected chi connectivity index (χ4v) is 2.22. The first-order valence-electron chi connectivity index (χ1n) is 6.92. The third-order valence-corrected chi connectivity index (χ3v) is 3.50. The fraction of sp³-hybridized carbons (Fsp3) is 0.533. The topological polar surface area (TPSA) is 67.8 Å². The SMILES string of the molecule is O=C(CCOc1ccccc1)NC1(CO)CCOCC1. The molecule has 0 radical (unpaired) electrons. The van der Waals surface area contributed by atoms with Crippen LogP contribution in [0.3, 0.4) is 0 Å². The van der Waals surface area contributed by atoms with Gasteiger partial charge in [0, 0.05) is 13.2 Å². The highest BCUT2D eigenvalue weighted by Crippen LogP contribution is 2.20. The number of hydrogen-bond acceptors (Lipinski definition) is 4. The summed E-state index contributed by atoms with van der Waals surface area (Å²) in [5.41, 5.74) is -0.526. The molecule has 5 nitrogen and oxygen atoms in total. The fourth-order valence-electron chi connectivity index (χ4n) is 2.22. The first-order valence-corrected chi connectivity index (χ1v) is 6.92. The lowest BCUT2D eigenvalue weighted by molar-refractivity contribution is -0.125. The molecule has 0 bridgehead atoms. The molecule has 1 aliphatic heterocycles. The number of carbonyl (C=O) groups is 1. The summed E-state index contributed by atoms with van der Waals surface area (Å²) in [6.45, 7) is 1.41. The van der Waals surface area contributed by atoms with E-state index in [1.807, 2.05) is 30.3 Å². The Labute approximate surface area is 118 Å². The standard InChI is InChI=1S/C15H21NO4/c17-12-15(7-10-19-11-8-15)16-14(18)6-9-20-13-4-2-1-3-5-13/h1-5,17H,6-12H2,(H,16,18). The van der Waals surface area contributed by atoms with Crippen molar-refractivity contribution in [2.75, 3.05) is 26.4 Å². The van der Waals surface area contributed by atoms with Crippen LogP contribution < -0.4 is 10.1 Å².